The number of carbonyl (C=O) groups is 3. The molecule has 5 fully saturated rings. The summed E-state index contributed by atoms with van der Waals surface area (Å²) in [6, 6.07) is 1.58. The lowest BCUT2D eigenvalue weighted by Crippen LogP contribution is -2.60. The minimum absolute atomic E-state index is 0.00238. The van der Waals surface area contributed by atoms with E-state index in [-0.39, 0.29) is 35.4 Å². The summed E-state index contributed by atoms with van der Waals surface area (Å²) in [7, 11) is 2.08. The lowest BCUT2D eigenvalue weighted by Gasteiger charge is -2.51. The van der Waals surface area contributed by atoms with E-state index in [1.165, 1.54) is 0 Å². The van der Waals surface area contributed by atoms with E-state index < -0.39 is 28.8 Å². The molecule has 1 aromatic rings. The number of likely N-dealkylation sites (tertiary alicyclic amines) is 1. The molecule has 46 heavy (non-hydrogen) atoms. The third kappa shape index (κ3) is 6.36. The molecule has 6 rings (SSSR count). The Labute approximate surface area is 272 Å². The first kappa shape index (κ1) is 33.1. The molecule has 1 amide bonds. The van der Waals surface area contributed by atoms with Crippen molar-refractivity contribution in [2.45, 2.75) is 109 Å². The van der Waals surface area contributed by atoms with Gasteiger partial charge in [-0.2, -0.15) is 4.98 Å². The van der Waals surface area contributed by atoms with E-state index in [0.29, 0.717) is 51.3 Å². The van der Waals surface area contributed by atoms with Gasteiger partial charge in [0, 0.05) is 45.2 Å². The van der Waals surface area contributed by atoms with Crippen LogP contribution >= 0.6 is 0 Å². The van der Waals surface area contributed by atoms with Crippen molar-refractivity contribution >= 4 is 23.5 Å². The predicted octanol–water partition coefficient (Wildman–Crippen LogP) is 4.25. The van der Waals surface area contributed by atoms with Crippen LogP contribution in [0.3, 0.4) is 0 Å². The molecule has 12 heteroatoms. The summed E-state index contributed by atoms with van der Waals surface area (Å²) in [5, 5.41) is 0. The topological polar surface area (TPSA) is 124 Å². The monoisotopic (exact) mass is 641 g/mol. The summed E-state index contributed by atoms with van der Waals surface area (Å²) in [6.07, 6.45) is 5.89. The number of amides is 1. The Bertz CT molecular complexity index is 1300. The van der Waals surface area contributed by atoms with Gasteiger partial charge in [-0.05, 0) is 73.3 Å². The molecule has 12 nitrogen and oxygen atoms in total. The SMILES string of the molecule is C[C@H](Oc1cc(N2CCN(C)CC2)nc(C(=O)C2CCC[C@@]3(CCCCC34OCCO4)C2=O)n1)[C@@H]1CCCN1C(=O)OC(C)(C)C. The number of likely N-dealkylation sites (N-methyl/N-ethyl adjacent to an activating group) is 1. The van der Waals surface area contributed by atoms with Crippen molar-refractivity contribution in [3.8, 4) is 5.88 Å². The zero-order valence-corrected chi connectivity index (χ0v) is 28.2. The van der Waals surface area contributed by atoms with Crippen LogP contribution in [0, 0.1) is 11.3 Å². The van der Waals surface area contributed by atoms with Crippen LogP contribution in [0.1, 0.15) is 96.1 Å². The Hall–Kier alpha value is -2.83. The normalized spacial score (nSPS) is 29.4. The first-order valence-electron chi connectivity index (χ1n) is 17.3. The highest BCUT2D eigenvalue weighted by molar-refractivity contribution is 6.11. The van der Waals surface area contributed by atoms with Crippen LogP contribution in [0.15, 0.2) is 6.07 Å². The van der Waals surface area contributed by atoms with Crippen LogP contribution < -0.4 is 9.64 Å². The number of ether oxygens (including phenoxy) is 4. The van der Waals surface area contributed by atoms with E-state index in [1.54, 1.807) is 11.0 Å². The smallest absolute Gasteiger partial charge is 0.410 e. The number of ketones is 2. The Kier molecular flexibility index (Phi) is 9.35. The zero-order valence-electron chi connectivity index (χ0n) is 28.2. The van der Waals surface area contributed by atoms with E-state index in [2.05, 4.69) is 21.8 Å². The van der Waals surface area contributed by atoms with Gasteiger partial charge in [0.15, 0.2) is 11.6 Å². The second-order valence-electron chi connectivity index (χ2n) is 14.8. The summed E-state index contributed by atoms with van der Waals surface area (Å²) < 4.78 is 24.5. The molecule has 1 unspecified atom stereocenters. The molecule has 0 bridgehead atoms. The number of hydrogen-bond donors (Lipinski definition) is 0. The van der Waals surface area contributed by atoms with Crippen molar-refractivity contribution in [1.29, 1.82) is 0 Å². The Morgan fingerprint density at radius 3 is 2.37 bits per heavy atom. The highest BCUT2D eigenvalue weighted by atomic mass is 16.7. The van der Waals surface area contributed by atoms with Gasteiger partial charge in [0.2, 0.25) is 17.5 Å². The zero-order chi connectivity index (χ0) is 32.7. The number of carbonyl (C=O) groups excluding carboxylic acids is 3. The first-order chi connectivity index (χ1) is 21.9. The summed E-state index contributed by atoms with van der Waals surface area (Å²) in [5.74, 6) is -1.37. The molecule has 0 radical (unpaired) electrons. The lowest BCUT2D eigenvalue weighted by molar-refractivity contribution is -0.255. The van der Waals surface area contributed by atoms with Crippen molar-refractivity contribution in [3.05, 3.63) is 11.9 Å². The maximum absolute atomic E-state index is 14.4. The van der Waals surface area contributed by atoms with Crippen LogP contribution in [-0.4, -0.2) is 114 Å². The molecule has 2 saturated carbocycles. The van der Waals surface area contributed by atoms with E-state index in [1.807, 2.05) is 27.7 Å². The largest absolute Gasteiger partial charge is 0.472 e. The number of fused-ring (bicyclic) bond motifs is 1. The van der Waals surface area contributed by atoms with Crippen LogP contribution in [0.25, 0.3) is 0 Å². The van der Waals surface area contributed by atoms with Crippen LogP contribution in [0.5, 0.6) is 5.88 Å². The Morgan fingerprint density at radius 2 is 1.65 bits per heavy atom. The van der Waals surface area contributed by atoms with Crippen molar-refractivity contribution in [1.82, 2.24) is 19.8 Å². The molecule has 2 spiro atoms. The molecule has 2 aliphatic carbocycles. The number of Topliss-reactive ketones (excluding diaryl/α,β-unsaturated/α-hetero) is 2. The van der Waals surface area contributed by atoms with Gasteiger partial charge in [0.1, 0.15) is 17.5 Å². The van der Waals surface area contributed by atoms with Crippen molar-refractivity contribution in [3.63, 3.8) is 0 Å². The van der Waals surface area contributed by atoms with E-state index >= 15 is 0 Å². The maximum atomic E-state index is 14.4. The number of anilines is 1. The number of piperazine rings is 1. The van der Waals surface area contributed by atoms with Crippen molar-refractivity contribution < 1.29 is 33.3 Å². The number of rotatable bonds is 6. The second-order valence-corrected chi connectivity index (χ2v) is 14.8. The third-order valence-corrected chi connectivity index (χ3v) is 10.6. The highest BCUT2D eigenvalue weighted by Crippen LogP contribution is 2.56. The van der Waals surface area contributed by atoms with Gasteiger partial charge >= 0.3 is 6.09 Å². The second kappa shape index (κ2) is 13.0. The minimum Gasteiger partial charge on any atom is -0.472 e. The molecule has 5 aliphatic rings. The van der Waals surface area contributed by atoms with Gasteiger partial charge in [-0.3, -0.25) is 9.59 Å². The quantitative estimate of drug-likeness (QED) is 0.327. The number of aromatic nitrogens is 2. The number of hydrogen-bond acceptors (Lipinski definition) is 11. The molecule has 0 N–H and O–H groups in total. The fourth-order valence-electron chi connectivity index (χ4n) is 8.20. The summed E-state index contributed by atoms with van der Waals surface area (Å²) >= 11 is 0. The molecule has 1 aromatic heterocycles. The molecule has 254 valence electrons. The first-order valence-corrected chi connectivity index (χ1v) is 17.3. The average Bonchev–Trinajstić information content (AvgIpc) is 3.70. The summed E-state index contributed by atoms with van der Waals surface area (Å²) in [5.41, 5.74) is -1.42. The maximum Gasteiger partial charge on any atom is 0.410 e. The van der Waals surface area contributed by atoms with Crippen molar-refractivity contribution in [2.75, 3.05) is 57.9 Å². The molecule has 4 atom stereocenters. The van der Waals surface area contributed by atoms with Gasteiger partial charge in [-0.15, -0.1) is 0 Å². The molecular weight excluding hydrogens is 590 g/mol. The van der Waals surface area contributed by atoms with Gasteiger partial charge in [0.05, 0.1) is 30.6 Å². The summed E-state index contributed by atoms with van der Waals surface area (Å²) in [4.78, 5) is 57.3. The van der Waals surface area contributed by atoms with Crippen LogP contribution in [0.2, 0.25) is 0 Å². The van der Waals surface area contributed by atoms with Crippen LogP contribution in [0.4, 0.5) is 10.6 Å². The lowest BCUT2D eigenvalue weighted by atomic mass is 9.57. The van der Waals surface area contributed by atoms with E-state index in [9.17, 15) is 14.4 Å². The van der Waals surface area contributed by atoms with Gasteiger partial charge in [-0.1, -0.05) is 12.8 Å². The third-order valence-electron chi connectivity index (χ3n) is 10.6. The Morgan fingerprint density at radius 1 is 0.957 bits per heavy atom. The fourth-order valence-corrected chi connectivity index (χ4v) is 8.20. The van der Waals surface area contributed by atoms with Gasteiger partial charge in [-0.25, -0.2) is 9.78 Å². The molecule has 3 aliphatic heterocycles. The molecule has 3 saturated heterocycles. The highest BCUT2D eigenvalue weighted by Gasteiger charge is 2.63. The van der Waals surface area contributed by atoms with Gasteiger partial charge in [0.25, 0.3) is 0 Å². The predicted molar refractivity (Wildman–Crippen MR) is 170 cm³/mol. The molecule has 4 heterocycles. The average molecular weight is 642 g/mol. The van der Waals surface area contributed by atoms with E-state index in [4.69, 9.17) is 23.9 Å². The minimum atomic E-state index is -0.936. The molecule has 0 aromatic carbocycles. The Balaban J connectivity index is 1.27. The van der Waals surface area contributed by atoms with Crippen LogP contribution in [-0.2, 0) is 19.0 Å². The van der Waals surface area contributed by atoms with Crippen molar-refractivity contribution in [2.24, 2.45) is 11.3 Å². The fraction of sp³-hybridized carbons (Fsp3) is 0.794. The van der Waals surface area contributed by atoms with E-state index in [0.717, 1.165) is 58.3 Å². The summed E-state index contributed by atoms with van der Waals surface area (Å²) in [6.45, 7) is 12.2. The number of nitrogens with zero attached hydrogens (tertiary/aromatic N) is 5. The standard InChI is InChI=1S/C34H51N5O7/c1-23(25-11-9-15-39(25)31(42)46-32(2,3)4)45-27-22-26(38-18-16-37(5)17-19-38)35-30(36-27)28(40)24-10-8-13-33(29(24)41)12-6-7-14-34(33)43-20-21-44-34/h22-25H,6-21H2,1-5H3/t23-,24?,25-,33-/m0/s1. The van der Waals surface area contributed by atoms with Gasteiger partial charge < -0.3 is 33.6 Å². The molecular formula is C34H51N5O7.